The molecule has 0 saturated carbocycles. The number of unbranched alkanes of at least 4 members (excludes halogenated alkanes) is 3. The van der Waals surface area contributed by atoms with Crippen LogP contribution in [0.4, 0.5) is 9.93 Å². The Labute approximate surface area is 351 Å². The van der Waals surface area contributed by atoms with E-state index in [0.717, 1.165) is 69.4 Å². The third-order valence-corrected chi connectivity index (χ3v) is 12.5. The number of likely N-dealkylation sites (tertiary alicyclic amines) is 1. The topological polar surface area (TPSA) is 246 Å². The van der Waals surface area contributed by atoms with Gasteiger partial charge in [0, 0.05) is 55.4 Å². The molecule has 1 saturated heterocycles. The van der Waals surface area contributed by atoms with Crippen LogP contribution in [-0.4, -0.2) is 125 Å². The summed E-state index contributed by atoms with van der Waals surface area (Å²) in [5.41, 5.74) is 5.07. The number of carbonyl (C=O) groups is 6. The molecule has 1 aromatic heterocycles. The number of aryl methyl sites for hydroxylation is 1. The van der Waals surface area contributed by atoms with E-state index in [1.165, 1.54) is 32.9 Å². The quantitative estimate of drug-likeness (QED) is 0.0344. The second kappa shape index (κ2) is 24.7. The first-order valence-corrected chi connectivity index (χ1v) is 22.5. The van der Waals surface area contributed by atoms with Crippen molar-refractivity contribution in [3.63, 3.8) is 0 Å². The van der Waals surface area contributed by atoms with Crippen LogP contribution in [0, 0.1) is 5.41 Å². The minimum absolute atomic E-state index is 0.0197. The molecule has 58 heavy (non-hydrogen) atoms. The highest BCUT2D eigenvalue weighted by atomic mass is 32.2. The lowest BCUT2D eigenvalue weighted by Crippen LogP contribution is -2.46. The number of nitrogens with two attached hydrogens (primary N) is 1. The maximum absolute atomic E-state index is 12.9. The van der Waals surface area contributed by atoms with Crippen molar-refractivity contribution < 1.29 is 38.6 Å². The van der Waals surface area contributed by atoms with E-state index in [2.05, 4.69) is 43.8 Å². The molecule has 1 aromatic rings. The van der Waals surface area contributed by atoms with E-state index < -0.39 is 34.4 Å². The summed E-state index contributed by atoms with van der Waals surface area (Å²) < 4.78 is 6.01. The van der Waals surface area contributed by atoms with Crippen LogP contribution >= 0.6 is 23.1 Å². The van der Waals surface area contributed by atoms with Gasteiger partial charge in [-0.2, -0.15) is 0 Å². The Balaban J connectivity index is 1.18. The van der Waals surface area contributed by atoms with Gasteiger partial charge in [0.1, 0.15) is 6.23 Å². The monoisotopic (exact) mass is 853 g/mol. The molecule has 17 nitrogen and oxygen atoms in total. The molecular weight excluding hydrogens is 787 g/mol. The highest BCUT2D eigenvalue weighted by Crippen LogP contribution is 2.30. The number of primary amides is 1. The fraction of sp³-hybridized carbons (Fsp3) is 0.769. The number of hydrogen-bond acceptors (Lipinski definition) is 13. The van der Waals surface area contributed by atoms with Crippen molar-refractivity contribution in [2.45, 2.75) is 135 Å². The van der Waals surface area contributed by atoms with E-state index >= 15 is 0 Å². The lowest BCUT2D eigenvalue weighted by molar-refractivity contribution is -0.138. The smallest absolute Gasteiger partial charge is 0.315 e. The molecule has 1 fully saturated rings. The van der Waals surface area contributed by atoms with Gasteiger partial charge >= 0.3 is 6.03 Å². The largest absolute Gasteiger partial charge is 0.378 e. The van der Waals surface area contributed by atoms with Gasteiger partial charge in [0.15, 0.2) is 5.13 Å². The molecule has 19 heteroatoms. The minimum atomic E-state index is -0.931. The van der Waals surface area contributed by atoms with Crippen LogP contribution in [0.3, 0.4) is 0 Å². The van der Waals surface area contributed by atoms with Crippen molar-refractivity contribution in [1.29, 1.82) is 0 Å². The summed E-state index contributed by atoms with van der Waals surface area (Å²) >= 11 is 2.97. The predicted octanol–water partition coefficient (Wildman–Crippen LogP) is 2.16. The number of amides is 7. The number of thiazole rings is 1. The zero-order chi connectivity index (χ0) is 42.7. The predicted molar refractivity (Wildman–Crippen MR) is 226 cm³/mol. The summed E-state index contributed by atoms with van der Waals surface area (Å²) in [6.45, 7) is 11.6. The van der Waals surface area contributed by atoms with E-state index in [0.29, 0.717) is 43.7 Å². The molecule has 1 aliphatic heterocycles. The van der Waals surface area contributed by atoms with Gasteiger partial charge in [-0.1, -0.05) is 33.6 Å². The molecule has 0 radical (unpaired) electrons. The summed E-state index contributed by atoms with van der Waals surface area (Å²) in [6.07, 6.45) is 7.63. The number of carbonyl (C=O) groups excluding carboxylic acids is 6. The van der Waals surface area contributed by atoms with E-state index in [9.17, 15) is 33.9 Å². The standard InChI is InChI=1S/C39H67N9O8S2/c1-6-16-41-26-11-12-27-28(22-26)58-37(46-27)47-32(51)25-45-36(55)43-17-9-7-8-10-21-57-29-23-33(52)48(34(29)53)19-13-31(50)42-18-14-39(4,5)56-20-15-38(2,3)35(54)44-24-30(40)49/h26,29,35,41,44,54H,6-25H2,1-5H3,(H2,40,49)(H,42,50)(H2,43,45,55)(H,46,47,51)/t26-,29?,35?/m0/s1. The maximum Gasteiger partial charge on any atom is 0.315 e. The van der Waals surface area contributed by atoms with Crippen LogP contribution in [-0.2, 0) is 41.6 Å². The van der Waals surface area contributed by atoms with Gasteiger partial charge in [-0.05, 0) is 77.5 Å². The van der Waals surface area contributed by atoms with Crippen molar-refractivity contribution in [3.05, 3.63) is 10.6 Å². The molecule has 3 atom stereocenters. The minimum Gasteiger partial charge on any atom is -0.378 e. The van der Waals surface area contributed by atoms with Gasteiger partial charge in [-0.15, -0.1) is 23.1 Å². The molecule has 0 bridgehead atoms. The van der Waals surface area contributed by atoms with Crippen molar-refractivity contribution >= 4 is 63.8 Å². The number of aromatic nitrogens is 1. The van der Waals surface area contributed by atoms with E-state index in [1.54, 1.807) is 0 Å². The number of thioether (sulfide) groups is 1. The summed E-state index contributed by atoms with van der Waals surface area (Å²) in [5.74, 6) is -0.922. The summed E-state index contributed by atoms with van der Waals surface area (Å²) in [4.78, 5) is 80.5. The van der Waals surface area contributed by atoms with Crippen molar-refractivity contribution in [2.75, 3.05) is 56.9 Å². The number of aliphatic hydroxyl groups excluding tert-OH is 1. The van der Waals surface area contributed by atoms with Crippen LogP contribution in [0.25, 0.3) is 0 Å². The number of nitrogens with one attached hydrogen (secondary N) is 6. The summed E-state index contributed by atoms with van der Waals surface area (Å²) in [5, 5.41) is 27.7. The summed E-state index contributed by atoms with van der Waals surface area (Å²) in [7, 11) is 0. The molecule has 3 rings (SSSR count). The fourth-order valence-electron chi connectivity index (χ4n) is 6.44. The molecule has 2 heterocycles. The Morgan fingerprint density at radius 1 is 0.983 bits per heavy atom. The molecular formula is C39H67N9O8S2. The van der Waals surface area contributed by atoms with E-state index in [-0.39, 0.29) is 56.1 Å². The Hall–Kier alpha value is -3.36. The zero-order valence-electron chi connectivity index (χ0n) is 35.0. The average Bonchev–Trinajstić information content (AvgIpc) is 3.68. The van der Waals surface area contributed by atoms with Crippen molar-refractivity contribution in [2.24, 2.45) is 11.1 Å². The maximum atomic E-state index is 12.9. The number of ether oxygens (including phenoxy) is 1. The number of anilines is 1. The normalized spacial score (nSPS) is 17.5. The first kappa shape index (κ1) is 49.0. The van der Waals surface area contributed by atoms with Crippen molar-refractivity contribution in [1.82, 2.24) is 36.5 Å². The number of urea groups is 1. The third kappa shape index (κ3) is 17.9. The molecule has 0 spiro atoms. The lowest BCUT2D eigenvalue weighted by atomic mass is 9.87. The van der Waals surface area contributed by atoms with Gasteiger partial charge < -0.3 is 42.2 Å². The highest BCUT2D eigenvalue weighted by Gasteiger charge is 2.38. The number of aliphatic hydroxyl groups is 1. The van der Waals surface area contributed by atoms with Crippen LogP contribution < -0.4 is 37.6 Å². The Bertz CT molecular complexity index is 1530. The van der Waals surface area contributed by atoms with Crippen LogP contribution in [0.2, 0.25) is 0 Å². The third-order valence-electron chi connectivity index (χ3n) is 10.2. The second-order valence-electron chi connectivity index (χ2n) is 16.2. The van der Waals surface area contributed by atoms with Crippen LogP contribution in [0.15, 0.2) is 0 Å². The van der Waals surface area contributed by atoms with Gasteiger partial charge in [-0.3, -0.25) is 34.2 Å². The molecule has 2 aliphatic rings. The van der Waals surface area contributed by atoms with Gasteiger partial charge in [0.25, 0.3) is 0 Å². The number of nitrogens with zero attached hydrogens (tertiary/aromatic N) is 2. The summed E-state index contributed by atoms with van der Waals surface area (Å²) in [6, 6.07) is 0.0416. The molecule has 1 aliphatic carbocycles. The van der Waals surface area contributed by atoms with E-state index in [1.807, 2.05) is 27.7 Å². The number of imide groups is 1. The van der Waals surface area contributed by atoms with Crippen LogP contribution in [0.1, 0.15) is 109 Å². The molecule has 7 amide bonds. The zero-order valence-corrected chi connectivity index (χ0v) is 36.6. The Morgan fingerprint density at radius 3 is 2.48 bits per heavy atom. The highest BCUT2D eigenvalue weighted by molar-refractivity contribution is 8.00. The Kier molecular flexibility index (Phi) is 20.8. The SMILES string of the molecule is CCCN[C@H]1CCc2nc(NC(=O)CNC(=O)NCCCCCCSC3CC(=O)N(CCC(=O)NCCC(C)(C)OCCC(C)(C)C(O)NCC(N)=O)C3=O)sc2C1. The lowest BCUT2D eigenvalue weighted by Gasteiger charge is -2.33. The second-order valence-corrected chi connectivity index (χ2v) is 18.6. The average molecular weight is 854 g/mol. The van der Waals surface area contributed by atoms with Crippen molar-refractivity contribution in [3.8, 4) is 0 Å². The number of fused-ring (bicyclic) bond motifs is 1. The van der Waals surface area contributed by atoms with Crippen LogP contribution in [0.5, 0.6) is 0 Å². The van der Waals surface area contributed by atoms with Gasteiger partial charge in [0.05, 0.1) is 29.6 Å². The molecule has 328 valence electrons. The molecule has 9 N–H and O–H groups in total. The van der Waals surface area contributed by atoms with E-state index in [4.69, 9.17) is 10.5 Å². The molecule has 2 unspecified atom stereocenters. The number of hydrogen-bond donors (Lipinski definition) is 8. The van der Waals surface area contributed by atoms with Gasteiger partial charge in [-0.25, -0.2) is 9.78 Å². The first-order chi connectivity index (χ1) is 27.5. The molecule has 0 aromatic carbocycles. The van der Waals surface area contributed by atoms with Gasteiger partial charge in [0.2, 0.25) is 29.5 Å². The first-order valence-electron chi connectivity index (χ1n) is 20.6. The fourth-order valence-corrected chi connectivity index (χ4v) is 8.73. The Morgan fingerprint density at radius 2 is 1.74 bits per heavy atom. The number of rotatable bonds is 28.